The summed E-state index contributed by atoms with van der Waals surface area (Å²) in [7, 11) is -2.24. The highest BCUT2D eigenvalue weighted by molar-refractivity contribution is 7.90. The molecule has 1 amide bonds. The van der Waals surface area contributed by atoms with Crippen molar-refractivity contribution < 1.29 is 13.2 Å². The van der Waals surface area contributed by atoms with Crippen molar-refractivity contribution in [3.8, 4) is 0 Å². The molecule has 0 aromatic carbocycles. The normalized spacial score (nSPS) is 11.8. The van der Waals surface area contributed by atoms with Gasteiger partial charge in [0.1, 0.15) is 5.75 Å². The molecule has 6 nitrogen and oxygen atoms in total. The number of carbonyl (C=O) groups excluding carboxylic acids is 1. The molecule has 0 radical (unpaired) electrons. The van der Waals surface area contributed by atoms with Crippen molar-refractivity contribution in [2.45, 2.75) is 32.2 Å². The molecule has 0 aromatic heterocycles. The summed E-state index contributed by atoms with van der Waals surface area (Å²) >= 11 is 0. The summed E-state index contributed by atoms with van der Waals surface area (Å²) in [4.78, 5) is 11.5. The van der Waals surface area contributed by atoms with Crippen LogP contribution >= 0.6 is 12.4 Å². The first-order chi connectivity index (χ1) is 7.34. The lowest BCUT2D eigenvalue weighted by Gasteiger charge is -2.31. The van der Waals surface area contributed by atoms with Gasteiger partial charge in [0, 0.05) is 6.54 Å². The van der Waals surface area contributed by atoms with Gasteiger partial charge in [0.2, 0.25) is 15.9 Å². The monoisotopic (exact) mass is 287 g/mol. The third kappa shape index (κ3) is 6.21. The highest BCUT2D eigenvalue weighted by atomic mass is 35.5. The van der Waals surface area contributed by atoms with E-state index in [9.17, 15) is 13.2 Å². The Kier molecular flexibility index (Phi) is 8.78. The standard InChI is InChI=1S/C9H21N3O3S.ClH/c1-4-9(5-2,7-10)12-8(13)6-16(14,15)11-3;/h11H,4-7,10H2,1-3H3,(H,12,13);1H. The average Bonchev–Trinajstić information content (AvgIpc) is 2.25. The molecule has 0 aromatic rings. The second-order valence-electron chi connectivity index (χ2n) is 3.70. The number of carbonyl (C=O) groups is 1. The zero-order valence-electron chi connectivity index (χ0n) is 10.4. The van der Waals surface area contributed by atoms with Crippen LogP contribution < -0.4 is 15.8 Å². The Hall–Kier alpha value is -0.370. The van der Waals surface area contributed by atoms with Crippen LogP contribution in [0.5, 0.6) is 0 Å². The molecule has 0 saturated heterocycles. The Balaban J connectivity index is 0. The molecule has 17 heavy (non-hydrogen) atoms. The van der Waals surface area contributed by atoms with Gasteiger partial charge in [-0.3, -0.25) is 4.79 Å². The van der Waals surface area contributed by atoms with E-state index in [-0.39, 0.29) is 12.4 Å². The maximum atomic E-state index is 11.5. The summed E-state index contributed by atoms with van der Waals surface area (Å²) < 4.78 is 24.4. The van der Waals surface area contributed by atoms with Crippen molar-refractivity contribution in [2.24, 2.45) is 5.73 Å². The van der Waals surface area contributed by atoms with Crippen molar-refractivity contribution >= 4 is 28.3 Å². The minimum Gasteiger partial charge on any atom is -0.348 e. The third-order valence-corrected chi connectivity index (χ3v) is 4.05. The van der Waals surface area contributed by atoms with E-state index in [2.05, 4.69) is 10.0 Å². The molecule has 0 fully saturated rings. The lowest BCUT2D eigenvalue weighted by atomic mass is 9.93. The van der Waals surface area contributed by atoms with E-state index in [4.69, 9.17) is 5.73 Å². The van der Waals surface area contributed by atoms with Crippen molar-refractivity contribution in [3.63, 3.8) is 0 Å². The number of hydrogen-bond acceptors (Lipinski definition) is 4. The Bertz CT molecular complexity index is 320. The van der Waals surface area contributed by atoms with Crippen LogP contribution in [0.1, 0.15) is 26.7 Å². The van der Waals surface area contributed by atoms with Gasteiger partial charge in [-0.05, 0) is 19.9 Å². The molecule has 0 aliphatic rings. The first-order valence-corrected chi connectivity index (χ1v) is 6.92. The van der Waals surface area contributed by atoms with Gasteiger partial charge in [-0.1, -0.05) is 13.8 Å². The van der Waals surface area contributed by atoms with Crippen LogP contribution in [0.2, 0.25) is 0 Å². The molecule has 0 atom stereocenters. The predicted molar refractivity (Wildman–Crippen MR) is 70.6 cm³/mol. The summed E-state index contributed by atoms with van der Waals surface area (Å²) in [5.74, 6) is -1.09. The summed E-state index contributed by atoms with van der Waals surface area (Å²) in [6, 6.07) is 0. The van der Waals surface area contributed by atoms with Crippen LogP contribution in [0.4, 0.5) is 0 Å². The topological polar surface area (TPSA) is 101 Å². The molecule has 0 aliphatic carbocycles. The van der Waals surface area contributed by atoms with Gasteiger partial charge in [0.15, 0.2) is 0 Å². The molecule has 4 N–H and O–H groups in total. The van der Waals surface area contributed by atoms with Crippen molar-refractivity contribution in [1.82, 2.24) is 10.0 Å². The summed E-state index contributed by atoms with van der Waals surface area (Å²) in [5.41, 5.74) is 5.09. The fraction of sp³-hybridized carbons (Fsp3) is 0.889. The minimum absolute atomic E-state index is 0. The Morgan fingerprint density at radius 2 is 1.76 bits per heavy atom. The Morgan fingerprint density at radius 3 is 2.06 bits per heavy atom. The number of amides is 1. The van der Waals surface area contributed by atoms with Gasteiger partial charge in [-0.15, -0.1) is 12.4 Å². The number of nitrogens with two attached hydrogens (primary N) is 1. The van der Waals surface area contributed by atoms with Gasteiger partial charge >= 0.3 is 0 Å². The number of nitrogens with one attached hydrogen (secondary N) is 2. The molecule has 0 saturated carbocycles. The summed E-state index contributed by atoms with van der Waals surface area (Å²) in [6.45, 7) is 4.11. The molecule has 0 heterocycles. The zero-order chi connectivity index (χ0) is 12.8. The molecular weight excluding hydrogens is 266 g/mol. The largest absolute Gasteiger partial charge is 0.348 e. The SMILES string of the molecule is CCC(CC)(CN)NC(=O)CS(=O)(=O)NC.Cl. The van der Waals surface area contributed by atoms with Crippen molar-refractivity contribution in [3.05, 3.63) is 0 Å². The Labute approximate surface area is 109 Å². The van der Waals surface area contributed by atoms with Crippen LogP contribution in [0.3, 0.4) is 0 Å². The molecule has 0 spiro atoms. The van der Waals surface area contributed by atoms with Gasteiger partial charge in [0.05, 0.1) is 5.54 Å². The molecule has 104 valence electrons. The summed E-state index contributed by atoms with van der Waals surface area (Å²) in [6.07, 6.45) is 1.34. The molecule has 8 heteroatoms. The molecule has 0 aliphatic heterocycles. The van der Waals surface area contributed by atoms with Gasteiger partial charge in [-0.2, -0.15) is 0 Å². The Morgan fingerprint density at radius 1 is 1.29 bits per heavy atom. The molecule has 0 bridgehead atoms. The smallest absolute Gasteiger partial charge is 0.237 e. The number of sulfonamides is 1. The lowest BCUT2D eigenvalue weighted by molar-refractivity contribution is -0.120. The first-order valence-electron chi connectivity index (χ1n) is 5.27. The van der Waals surface area contributed by atoms with Crippen molar-refractivity contribution in [2.75, 3.05) is 19.3 Å². The highest BCUT2D eigenvalue weighted by Crippen LogP contribution is 2.12. The average molecular weight is 288 g/mol. The van der Waals surface area contributed by atoms with Crippen LogP contribution in [-0.4, -0.2) is 39.2 Å². The minimum atomic E-state index is -3.52. The number of hydrogen-bond donors (Lipinski definition) is 3. The fourth-order valence-corrected chi connectivity index (χ4v) is 1.90. The maximum absolute atomic E-state index is 11.5. The van der Waals surface area contributed by atoms with Gasteiger partial charge < -0.3 is 11.1 Å². The third-order valence-electron chi connectivity index (χ3n) is 2.78. The van der Waals surface area contributed by atoms with E-state index in [1.807, 2.05) is 13.8 Å². The molecule has 0 rings (SSSR count). The van der Waals surface area contributed by atoms with Crippen LogP contribution in [0.25, 0.3) is 0 Å². The van der Waals surface area contributed by atoms with Gasteiger partial charge in [0.25, 0.3) is 0 Å². The first kappa shape index (κ1) is 19.0. The second kappa shape index (κ2) is 7.86. The van der Waals surface area contributed by atoms with E-state index in [1.54, 1.807) is 0 Å². The summed E-state index contributed by atoms with van der Waals surface area (Å²) in [5, 5.41) is 2.69. The highest BCUT2D eigenvalue weighted by Gasteiger charge is 2.27. The zero-order valence-corrected chi connectivity index (χ0v) is 12.1. The van der Waals surface area contributed by atoms with Gasteiger partial charge in [-0.25, -0.2) is 13.1 Å². The van der Waals surface area contributed by atoms with Crippen molar-refractivity contribution in [1.29, 1.82) is 0 Å². The lowest BCUT2D eigenvalue weighted by Crippen LogP contribution is -2.54. The van der Waals surface area contributed by atoms with E-state index in [0.717, 1.165) is 0 Å². The van der Waals surface area contributed by atoms with Crippen LogP contribution in [-0.2, 0) is 14.8 Å². The molecule has 0 unspecified atom stereocenters. The quantitative estimate of drug-likeness (QED) is 0.592. The van der Waals surface area contributed by atoms with E-state index in [1.165, 1.54) is 7.05 Å². The predicted octanol–water partition coefficient (Wildman–Crippen LogP) is -0.409. The molecular formula is C9H22ClN3O3S. The maximum Gasteiger partial charge on any atom is 0.237 e. The fourth-order valence-electron chi connectivity index (χ4n) is 1.34. The number of halogens is 1. The van der Waals surface area contributed by atoms with E-state index >= 15 is 0 Å². The van der Waals surface area contributed by atoms with E-state index < -0.39 is 27.2 Å². The van der Waals surface area contributed by atoms with Crippen LogP contribution in [0.15, 0.2) is 0 Å². The van der Waals surface area contributed by atoms with E-state index in [0.29, 0.717) is 19.4 Å². The van der Waals surface area contributed by atoms with Crippen LogP contribution in [0, 0.1) is 0 Å². The number of rotatable bonds is 7. The second-order valence-corrected chi connectivity index (χ2v) is 5.63.